The van der Waals surface area contributed by atoms with E-state index in [9.17, 15) is 14.0 Å². The van der Waals surface area contributed by atoms with Gasteiger partial charge in [-0.15, -0.1) is 0 Å². The molecule has 1 fully saturated rings. The molecule has 102 valence electrons. The predicted molar refractivity (Wildman–Crippen MR) is 67.8 cm³/mol. The van der Waals surface area contributed by atoms with Gasteiger partial charge in [0.05, 0.1) is 5.56 Å². The summed E-state index contributed by atoms with van der Waals surface area (Å²) in [7, 11) is 0. The van der Waals surface area contributed by atoms with Gasteiger partial charge in [0.1, 0.15) is 5.82 Å². The van der Waals surface area contributed by atoms with Crippen LogP contribution in [-0.2, 0) is 0 Å². The Bertz CT molecular complexity index is 519. The fraction of sp³-hybridized carbons (Fsp3) is 0.385. The SMILES string of the molecule is CC1CCCN1C(=O)Nc1ccc(F)c(C(=O)O)c1. The predicted octanol–water partition coefficient (Wildman–Crippen LogP) is 2.54. The molecule has 1 saturated heterocycles. The van der Waals surface area contributed by atoms with Crippen molar-refractivity contribution in [2.45, 2.75) is 25.8 Å². The minimum absolute atomic E-state index is 0.166. The number of anilines is 1. The van der Waals surface area contributed by atoms with Gasteiger partial charge in [-0.3, -0.25) is 0 Å². The van der Waals surface area contributed by atoms with Crippen LogP contribution in [0.2, 0.25) is 0 Å². The number of benzene rings is 1. The largest absolute Gasteiger partial charge is 0.478 e. The minimum Gasteiger partial charge on any atom is -0.478 e. The number of rotatable bonds is 2. The lowest BCUT2D eigenvalue weighted by atomic mass is 10.2. The number of hydrogen-bond acceptors (Lipinski definition) is 2. The summed E-state index contributed by atoms with van der Waals surface area (Å²) in [5, 5.41) is 11.4. The molecule has 0 aliphatic carbocycles. The molecule has 5 nitrogen and oxygen atoms in total. The maximum atomic E-state index is 13.2. The molecule has 19 heavy (non-hydrogen) atoms. The first-order chi connectivity index (χ1) is 8.99. The highest BCUT2D eigenvalue weighted by atomic mass is 19.1. The van der Waals surface area contributed by atoms with Crippen LogP contribution in [0.15, 0.2) is 18.2 Å². The highest BCUT2D eigenvalue weighted by Gasteiger charge is 2.25. The first kappa shape index (κ1) is 13.3. The number of carboxylic acids is 1. The van der Waals surface area contributed by atoms with Crippen molar-refractivity contribution in [2.24, 2.45) is 0 Å². The van der Waals surface area contributed by atoms with Crippen LogP contribution < -0.4 is 5.32 Å². The van der Waals surface area contributed by atoms with Gasteiger partial charge in [0.2, 0.25) is 0 Å². The lowest BCUT2D eigenvalue weighted by molar-refractivity contribution is 0.0692. The molecule has 6 heteroatoms. The van der Waals surface area contributed by atoms with E-state index in [0.717, 1.165) is 25.0 Å². The molecule has 1 aromatic carbocycles. The van der Waals surface area contributed by atoms with Crippen LogP contribution in [0.3, 0.4) is 0 Å². The Morgan fingerprint density at radius 2 is 2.21 bits per heavy atom. The number of amides is 2. The molecule has 2 N–H and O–H groups in total. The molecule has 2 rings (SSSR count). The van der Waals surface area contributed by atoms with Crippen molar-refractivity contribution in [1.29, 1.82) is 0 Å². The van der Waals surface area contributed by atoms with Crippen LogP contribution in [0.1, 0.15) is 30.1 Å². The lowest BCUT2D eigenvalue weighted by Crippen LogP contribution is -2.37. The number of hydrogen-bond donors (Lipinski definition) is 2. The maximum Gasteiger partial charge on any atom is 0.338 e. The molecular formula is C13H15FN2O3. The topological polar surface area (TPSA) is 69.6 Å². The number of carboxylic acid groups (broad SMARTS) is 1. The average molecular weight is 266 g/mol. The summed E-state index contributed by atoms with van der Waals surface area (Å²) < 4.78 is 13.2. The lowest BCUT2D eigenvalue weighted by Gasteiger charge is -2.21. The molecule has 0 radical (unpaired) electrons. The monoisotopic (exact) mass is 266 g/mol. The van der Waals surface area contributed by atoms with E-state index < -0.39 is 17.3 Å². The Morgan fingerprint density at radius 3 is 2.79 bits per heavy atom. The number of halogens is 1. The number of aromatic carboxylic acids is 1. The van der Waals surface area contributed by atoms with Crippen LogP contribution in [0.4, 0.5) is 14.9 Å². The summed E-state index contributed by atoms with van der Waals surface area (Å²) >= 11 is 0. The Hall–Kier alpha value is -2.11. The van der Waals surface area contributed by atoms with E-state index >= 15 is 0 Å². The van der Waals surface area contributed by atoms with Gasteiger partial charge in [-0.05, 0) is 38.0 Å². The third-order valence-electron chi connectivity index (χ3n) is 3.26. The molecule has 1 aromatic rings. The summed E-state index contributed by atoms with van der Waals surface area (Å²) in [5.41, 5.74) is -0.171. The van der Waals surface area contributed by atoms with Crippen molar-refractivity contribution in [2.75, 3.05) is 11.9 Å². The van der Waals surface area contributed by atoms with Gasteiger partial charge < -0.3 is 15.3 Å². The van der Waals surface area contributed by atoms with Crippen molar-refractivity contribution in [3.05, 3.63) is 29.6 Å². The fourth-order valence-corrected chi connectivity index (χ4v) is 2.20. The quantitative estimate of drug-likeness (QED) is 0.864. The number of likely N-dealkylation sites (tertiary alicyclic amines) is 1. The number of nitrogens with zero attached hydrogens (tertiary/aromatic N) is 1. The third kappa shape index (κ3) is 2.83. The molecule has 1 heterocycles. The number of urea groups is 1. The van der Waals surface area contributed by atoms with Crippen molar-refractivity contribution >= 4 is 17.7 Å². The van der Waals surface area contributed by atoms with E-state index in [2.05, 4.69) is 5.32 Å². The summed E-state index contributed by atoms with van der Waals surface area (Å²) in [6.07, 6.45) is 1.91. The van der Waals surface area contributed by atoms with Gasteiger partial charge in [-0.1, -0.05) is 0 Å². The van der Waals surface area contributed by atoms with E-state index in [0.29, 0.717) is 6.54 Å². The second-order valence-corrected chi connectivity index (χ2v) is 4.61. The molecule has 1 unspecified atom stereocenters. The minimum atomic E-state index is -1.36. The van der Waals surface area contributed by atoms with Crippen LogP contribution >= 0.6 is 0 Å². The zero-order valence-electron chi connectivity index (χ0n) is 10.5. The molecule has 1 atom stereocenters. The maximum absolute atomic E-state index is 13.2. The van der Waals surface area contributed by atoms with Gasteiger partial charge >= 0.3 is 12.0 Å². The van der Waals surface area contributed by atoms with Crippen molar-refractivity contribution < 1.29 is 19.1 Å². The van der Waals surface area contributed by atoms with E-state index in [-0.39, 0.29) is 17.8 Å². The third-order valence-corrected chi connectivity index (χ3v) is 3.26. The summed E-state index contributed by atoms with van der Waals surface area (Å²) in [6, 6.07) is 3.38. The zero-order valence-corrected chi connectivity index (χ0v) is 10.5. The second-order valence-electron chi connectivity index (χ2n) is 4.61. The Kier molecular flexibility index (Phi) is 3.69. The second kappa shape index (κ2) is 5.26. The smallest absolute Gasteiger partial charge is 0.338 e. The normalized spacial score (nSPS) is 18.4. The Morgan fingerprint density at radius 1 is 1.47 bits per heavy atom. The molecule has 2 amide bonds. The summed E-state index contributed by atoms with van der Waals surface area (Å²) in [5.74, 6) is -2.18. The van der Waals surface area contributed by atoms with Crippen LogP contribution in [0.5, 0.6) is 0 Å². The van der Waals surface area contributed by atoms with E-state index in [4.69, 9.17) is 5.11 Å². The number of carbonyl (C=O) groups excluding carboxylic acids is 1. The van der Waals surface area contributed by atoms with E-state index in [1.165, 1.54) is 6.07 Å². The molecular weight excluding hydrogens is 251 g/mol. The Labute approximate surface area is 110 Å². The van der Waals surface area contributed by atoms with Gasteiger partial charge in [0.25, 0.3) is 0 Å². The van der Waals surface area contributed by atoms with Crippen LogP contribution in [0.25, 0.3) is 0 Å². The first-order valence-electron chi connectivity index (χ1n) is 6.09. The fourth-order valence-electron chi connectivity index (χ4n) is 2.20. The van der Waals surface area contributed by atoms with Crippen LogP contribution in [0, 0.1) is 5.82 Å². The standard InChI is InChI=1S/C13H15FN2O3/c1-8-3-2-6-16(8)13(19)15-9-4-5-11(14)10(7-9)12(17)18/h4-5,7-8H,2-3,6H2,1H3,(H,15,19)(H,17,18). The molecule has 0 bridgehead atoms. The summed E-state index contributed by atoms with van der Waals surface area (Å²) in [4.78, 5) is 24.5. The average Bonchev–Trinajstić information content (AvgIpc) is 2.77. The van der Waals surface area contributed by atoms with E-state index in [1.807, 2.05) is 6.92 Å². The van der Waals surface area contributed by atoms with E-state index in [1.54, 1.807) is 4.90 Å². The molecule has 0 aromatic heterocycles. The van der Waals surface area contributed by atoms with Crippen molar-refractivity contribution in [3.8, 4) is 0 Å². The first-order valence-corrected chi connectivity index (χ1v) is 6.09. The zero-order chi connectivity index (χ0) is 14.0. The van der Waals surface area contributed by atoms with Gasteiger partial charge in [0, 0.05) is 18.3 Å². The highest BCUT2D eigenvalue weighted by Crippen LogP contribution is 2.19. The Balaban J connectivity index is 2.13. The van der Waals surface area contributed by atoms with Gasteiger partial charge in [-0.2, -0.15) is 0 Å². The molecule has 0 spiro atoms. The van der Waals surface area contributed by atoms with Gasteiger partial charge in [-0.25, -0.2) is 14.0 Å². The number of carbonyl (C=O) groups is 2. The van der Waals surface area contributed by atoms with Gasteiger partial charge in [0.15, 0.2) is 0 Å². The summed E-state index contributed by atoms with van der Waals surface area (Å²) in [6.45, 7) is 2.64. The molecule has 0 saturated carbocycles. The highest BCUT2D eigenvalue weighted by molar-refractivity contribution is 5.93. The molecule has 1 aliphatic rings. The number of nitrogens with one attached hydrogen (secondary N) is 1. The van der Waals surface area contributed by atoms with Crippen molar-refractivity contribution in [1.82, 2.24) is 4.90 Å². The van der Waals surface area contributed by atoms with Crippen molar-refractivity contribution in [3.63, 3.8) is 0 Å². The van der Waals surface area contributed by atoms with Crippen LogP contribution in [-0.4, -0.2) is 34.6 Å². The molecule has 1 aliphatic heterocycles.